The minimum Gasteiger partial charge on any atom is -0.493 e. The molecule has 2 aromatic heterocycles. The van der Waals surface area contributed by atoms with E-state index in [1.54, 1.807) is 26.4 Å². The third kappa shape index (κ3) is 3.85. The Morgan fingerprint density at radius 3 is 2.58 bits per heavy atom. The number of anilines is 1. The molecule has 0 bridgehead atoms. The number of ether oxygens (including phenoxy) is 3. The number of halogens is 2. The average molecular weight is 379 g/mol. The zero-order valence-electron chi connectivity index (χ0n) is 14.1. The van der Waals surface area contributed by atoms with E-state index in [2.05, 4.69) is 20.3 Å². The van der Waals surface area contributed by atoms with E-state index < -0.39 is 5.82 Å². The fourth-order valence-corrected chi connectivity index (χ4v) is 2.49. The molecule has 0 amide bonds. The lowest BCUT2D eigenvalue weighted by atomic mass is 10.2. The van der Waals surface area contributed by atoms with Gasteiger partial charge in [-0.05, 0) is 12.1 Å². The van der Waals surface area contributed by atoms with Crippen LogP contribution in [0.1, 0.15) is 0 Å². The maximum absolute atomic E-state index is 13.6. The lowest BCUT2D eigenvalue weighted by molar-refractivity contribution is 0.301. The summed E-state index contributed by atoms with van der Waals surface area (Å²) < 4.78 is 29.5. The summed E-state index contributed by atoms with van der Waals surface area (Å²) in [6.45, 7) is 0.564. The summed E-state index contributed by atoms with van der Waals surface area (Å²) in [5, 5.41) is 4.11. The second kappa shape index (κ2) is 8.01. The van der Waals surface area contributed by atoms with Crippen molar-refractivity contribution < 1.29 is 18.6 Å². The Labute approximate surface area is 154 Å². The number of nitrogens with one attached hydrogen (secondary N) is 1. The smallest absolute Gasteiger partial charge is 0.250 e. The van der Waals surface area contributed by atoms with Crippen LogP contribution in [0.3, 0.4) is 0 Å². The van der Waals surface area contributed by atoms with Crippen molar-refractivity contribution in [1.82, 2.24) is 15.0 Å². The largest absolute Gasteiger partial charge is 0.493 e. The maximum atomic E-state index is 13.6. The molecular weight excluding hydrogens is 363 g/mol. The molecule has 0 radical (unpaired) electrons. The van der Waals surface area contributed by atoms with Gasteiger partial charge >= 0.3 is 0 Å². The van der Waals surface area contributed by atoms with Gasteiger partial charge in [-0.3, -0.25) is 0 Å². The Morgan fingerprint density at radius 1 is 1.08 bits per heavy atom. The van der Waals surface area contributed by atoms with Gasteiger partial charge in [0.15, 0.2) is 17.3 Å². The van der Waals surface area contributed by atoms with Crippen molar-refractivity contribution in [2.45, 2.75) is 0 Å². The molecule has 0 fully saturated rings. The van der Waals surface area contributed by atoms with Crippen molar-refractivity contribution in [3.8, 4) is 17.4 Å². The van der Waals surface area contributed by atoms with E-state index in [4.69, 9.17) is 25.8 Å². The Kier molecular flexibility index (Phi) is 5.52. The summed E-state index contributed by atoms with van der Waals surface area (Å²) in [5.41, 5.74) is 0.700. The van der Waals surface area contributed by atoms with Crippen LogP contribution in [0, 0.1) is 5.82 Å². The molecule has 0 aliphatic rings. The summed E-state index contributed by atoms with van der Waals surface area (Å²) in [4.78, 5) is 12.3. The summed E-state index contributed by atoms with van der Waals surface area (Å²) >= 11 is 5.66. The van der Waals surface area contributed by atoms with Crippen molar-refractivity contribution >= 4 is 28.3 Å². The van der Waals surface area contributed by atoms with Crippen molar-refractivity contribution in [2.75, 3.05) is 32.7 Å². The van der Waals surface area contributed by atoms with Crippen LogP contribution in [0.15, 0.2) is 30.7 Å². The number of aromatic nitrogens is 3. The van der Waals surface area contributed by atoms with Crippen LogP contribution in [0.2, 0.25) is 5.02 Å². The highest BCUT2D eigenvalue weighted by atomic mass is 35.5. The lowest BCUT2D eigenvalue weighted by Crippen LogP contribution is -2.14. The zero-order valence-corrected chi connectivity index (χ0v) is 14.9. The second-order valence-electron chi connectivity index (χ2n) is 5.16. The van der Waals surface area contributed by atoms with Gasteiger partial charge in [0, 0.05) is 17.6 Å². The minimum absolute atomic E-state index is 0.102. The molecule has 136 valence electrons. The van der Waals surface area contributed by atoms with Gasteiger partial charge in [-0.25, -0.2) is 19.3 Å². The molecule has 9 heteroatoms. The second-order valence-corrected chi connectivity index (χ2v) is 5.60. The monoisotopic (exact) mass is 378 g/mol. The first-order chi connectivity index (χ1) is 12.6. The van der Waals surface area contributed by atoms with Gasteiger partial charge in [-0.2, -0.15) is 0 Å². The fraction of sp³-hybridized carbons (Fsp3) is 0.235. The Balaban J connectivity index is 1.70. The van der Waals surface area contributed by atoms with E-state index in [-0.39, 0.29) is 17.5 Å². The number of rotatable bonds is 7. The standard InChI is InChI=1S/C17H16ClFN4O3/c1-24-14-6-11-13(7-15(14)25-2)22-9-23-16(11)20-3-4-26-17-12(19)5-10(18)8-21-17/h5-9H,3-4H2,1-2H3,(H,20,22,23). The minimum atomic E-state index is -0.609. The first-order valence-corrected chi connectivity index (χ1v) is 8.04. The third-order valence-electron chi connectivity index (χ3n) is 3.55. The number of fused-ring (bicyclic) bond motifs is 1. The molecule has 0 saturated carbocycles. The van der Waals surface area contributed by atoms with E-state index >= 15 is 0 Å². The Hall–Kier alpha value is -2.87. The molecule has 0 saturated heterocycles. The molecule has 0 aliphatic heterocycles. The summed E-state index contributed by atoms with van der Waals surface area (Å²) in [6.07, 6.45) is 2.77. The Morgan fingerprint density at radius 2 is 1.85 bits per heavy atom. The van der Waals surface area contributed by atoms with E-state index in [0.717, 1.165) is 11.5 Å². The van der Waals surface area contributed by atoms with E-state index in [1.165, 1.54) is 12.5 Å². The normalized spacial score (nSPS) is 10.6. The number of hydrogen-bond donors (Lipinski definition) is 1. The predicted molar refractivity (Wildman–Crippen MR) is 95.8 cm³/mol. The van der Waals surface area contributed by atoms with Crippen LogP contribution >= 0.6 is 11.6 Å². The van der Waals surface area contributed by atoms with E-state index in [1.807, 2.05) is 0 Å². The zero-order chi connectivity index (χ0) is 18.5. The van der Waals surface area contributed by atoms with Crippen LogP contribution in [-0.4, -0.2) is 42.3 Å². The van der Waals surface area contributed by atoms with E-state index in [9.17, 15) is 4.39 Å². The van der Waals surface area contributed by atoms with Crippen LogP contribution in [0.5, 0.6) is 17.4 Å². The molecule has 7 nitrogen and oxygen atoms in total. The highest BCUT2D eigenvalue weighted by Crippen LogP contribution is 2.33. The summed E-state index contributed by atoms with van der Waals surface area (Å²) in [6, 6.07) is 4.71. The van der Waals surface area contributed by atoms with Crippen molar-refractivity contribution in [1.29, 1.82) is 0 Å². The quantitative estimate of drug-likeness (QED) is 0.632. The molecule has 3 aromatic rings. The number of pyridine rings is 1. The number of methoxy groups -OCH3 is 2. The van der Waals surface area contributed by atoms with Gasteiger partial charge in [0.25, 0.3) is 5.88 Å². The first-order valence-electron chi connectivity index (χ1n) is 7.67. The molecule has 1 aromatic carbocycles. The molecule has 1 N–H and O–H groups in total. The number of benzene rings is 1. The summed E-state index contributed by atoms with van der Waals surface area (Å²) in [7, 11) is 3.12. The van der Waals surface area contributed by atoms with Gasteiger partial charge in [-0.15, -0.1) is 0 Å². The SMILES string of the molecule is COc1cc2ncnc(NCCOc3ncc(Cl)cc3F)c2cc1OC. The third-order valence-corrected chi connectivity index (χ3v) is 3.75. The molecule has 2 heterocycles. The molecule has 0 unspecified atom stereocenters. The summed E-state index contributed by atoms with van der Waals surface area (Å²) in [5.74, 6) is 1.04. The van der Waals surface area contributed by atoms with Gasteiger partial charge in [0.1, 0.15) is 18.8 Å². The molecule has 0 atom stereocenters. The molecule has 26 heavy (non-hydrogen) atoms. The van der Waals surface area contributed by atoms with Crippen molar-refractivity contribution in [3.63, 3.8) is 0 Å². The molecule has 0 aliphatic carbocycles. The van der Waals surface area contributed by atoms with Gasteiger partial charge in [0.05, 0.1) is 31.3 Å². The fourth-order valence-electron chi connectivity index (χ4n) is 2.35. The van der Waals surface area contributed by atoms with Gasteiger partial charge < -0.3 is 19.5 Å². The molecule has 0 spiro atoms. The maximum Gasteiger partial charge on any atom is 0.250 e. The molecular formula is C17H16ClFN4O3. The predicted octanol–water partition coefficient (Wildman–Crippen LogP) is 3.33. The average Bonchev–Trinajstić information content (AvgIpc) is 2.65. The highest BCUT2D eigenvalue weighted by molar-refractivity contribution is 6.30. The number of hydrogen-bond acceptors (Lipinski definition) is 7. The highest BCUT2D eigenvalue weighted by Gasteiger charge is 2.11. The van der Waals surface area contributed by atoms with Crippen molar-refractivity contribution in [3.05, 3.63) is 41.6 Å². The van der Waals surface area contributed by atoms with E-state index in [0.29, 0.717) is 29.4 Å². The van der Waals surface area contributed by atoms with Crippen LogP contribution in [0.4, 0.5) is 10.2 Å². The van der Waals surface area contributed by atoms with Crippen LogP contribution in [0.25, 0.3) is 10.9 Å². The molecule has 3 rings (SSSR count). The van der Waals surface area contributed by atoms with Crippen LogP contribution in [-0.2, 0) is 0 Å². The van der Waals surface area contributed by atoms with Gasteiger partial charge in [0.2, 0.25) is 0 Å². The first kappa shape index (κ1) is 17.9. The Bertz CT molecular complexity index is 926. The lowest BCUT2D eigenvalue weighted by Gasteiger charge is -2.12. The number of nitrogens with zero attached hydrogens (tertiary/aromatic N) is 3. The van der Waals surface area contributed by atoms with Gasteiger partial charge in [-0.1, -0.05) is 11.6 Å². The topological polar surface area (TPSA) is 78.4 Å². The van der Waals surface area contributed by atoms with Crippen LogP contribution < -0.4 is 19.5 Å². The van der Waals surface area contributed by atoms with Crippen molar-refractivity contribution in [2.24, 2.45) is 0 Å².